The predicted octanol–water partition coefficient (Wildman–Crippen LogP) is 1.97. The topological polar surface area (TPSA) is 88.8 Å². The van der Waals surface area contributed by atoms with Gasteiger partial charge in [0.1, 0.15) is 24.8 Å². The fourth-order valence-corrected chi connectivity index (χ4v) is 4.08. The molecule has 0 radical (unpaired) electrons. The minimum absolute atomic E-state index is 0.0166. The number of rotatable bonds is 4. The van der Waals surface area contributed by atoms with Crippen LogP contribution in [0.25, 0.3) is 5.82 Å². The first-order valence-electron chi connectivity index (χ1n) is 9.91. The van der Waals surface area contributed by atoms with E-state index in [1.54, 1.807) is 17.3 Å². The van der Waals surface area contributed by atoms with E-state index in [4.69, 9.17) is 0 Å². The molecule has 0 bridgehead atoms. The number of aromatic nitrogens is 5. The fourth-order valence-electron chi connectivity index (χ4n) is 4.08. The Morgan fingerprint density at radius 2 is 1.93 bits per heavy atom. The molecular formula is C19H27N7O. The maximum atomic E-state index is 12.8. The molecule has 0 spiro atoms. The van der Waals surface area contributed by atoms with Crippen molar-refractivity contribution < 1.29 is 4.79 Å². The second kappa shape index (κ2) is 8.02. The highest BCUT2D eigenvalue weighted by Gasteiger charge is 2.29. The highest BCUT2D eigenvalue weighted by Crippen LogP contribution is 2.26. The average Bonchev–Trinajstić information content (AvgIpc) is 3.25. The van der Waals surface area contributed by atoms with Crippen LogP contribution < -0.4 is 10.2 Å². The molecule has 1 N–H and O–H groups in total. The van der Waals surface area contributed by atoms with Gasteiger partial charge in [-0.3, -0.25) is 4.79 Å². The molecule has 8 nitrogen and oxygen atoms in total. The molecule has 2 aromatic rings. The van der Waals surface area contributed by atoms with Gasteiger partial charge in [-0.2, -0.15) is 5.10 Å². The minimum Gasteiger partial charge on any atom is -0.356 e. The van der Waals surface area contributed by atoms with Gasteiger partial charge >= 0.3 is 0 Å². The molecule has 1 amide bonds. The average molecular weight is 369 g/mol. The molecule has 2 aliphatic rings. The number of nitrogens with zero attached hydrogens (tertiary/aromatic N) is 6. The molecule has 1 aliphatic carbocycles. The maximum Gasteiger partial charge on any atom is 0.225 e. The first-order chi connectivity index (χ1) is 13.2. The van der Waals surface area contributed by atoms with Gasteiger partial charge in [0.05, 0.1) is 5.92 Å². The van der Waals surface area contributed by atoms with E-state index in [0.29, 0.717) is 18.4 Å². The number of nitrogens with one attached hydrogen (secondary N) is 1. The van der Waals surface area contributed by atoms with E-state index in [9.17, 15) is 4.79 Å². The summed E-state index contributed by atoms with van der Waals surface area (Å²) >= 11 is 0. The number of piperidine rings is 1. The van der Waals surface area contributed by atoms with Gasteiger partial charge in [-0.25, -0.2) is 19.6 Å². The van der Waals surface area contributed by atoms with Gasteiger partial charge in [0.15, 0.2) is 5.82 Å². The molecule has 3 heterocycles. The summed E-state index contributed by atoms with van der Waals surface area (Å²) in [5, 5.41) is 7.41. The van der Waals surface area contributed by atoms with Crippen molar-refractivity contribution in [1.82, 2.24) is 30.0 Å². The third-order valence-electron chi connectivity index (χ3n) is 5.77. The van der Waals surface area contributed by atoms with E-state index in [0.717, 1.165) is 44.0 Å². The minimum atomic E-state index is 0.0166. The van der Waals surface area contributed by atoms with Crippen LogP contribution in [0.1, 0.15) is 45.4 Å². The van der Waals surface area contributed by atoms with Gasteiger partial charge in [0.2, 0.25) is 5.91 Å². The molecule has 1 aliphatic heterocycles. The quantitative estimate of drug-likeness (QED) is 0.886. The smallest absolute Gasteiger partial charge is 0.225 e. The Balaban J connectivity index is 1.39. The first-order valence-corrected chi connectivity index (χ1v) is 9.91. The normalized spacial score (nSPS) is 26.0. The molecule has 1 saturated heterocycles. The Labute approximate surface area is 159 Å². The zero-order valence-electron chi connectivity index (χ0n) is 15.8. The van der Waals surface area contributed by atoms with Crippen molar-refractivity contribution in [3.05, 3.63) is 25.0 Å². The monoisotopic (exact) mass is 369 g/mol. The molecular weight excluding hydrogens is 342 g/mol. The lowest BCUT2D eigenvalue weighted by atomic mass is 9.87. The second-order valence-corrected chi connectivity index (χ2v) is 7.83. The number of carbonyl (C=O) groups excluding carboxylic acids is 1. The van der Waals surface area contributed by atoms with Gasteiger partial charge in [0, 0.05) is 25.2 Å². The summed E-state index contributed by atoms with van der Waals surface area (Å²) in [5.74, 6) is 2.52. The van der Waals surface area contributed by atoms with Crippen molar-refractivity contribution >= 4 is 11.7 Å². The highest BCUT2D eigenvalue weighted by atomic mass is 16.2. The summed E-state index contributed by atoms with van der Waals surface area (Å²) in [7, 11) is 0. The molecule has 1 atom stereocenters. The molecule has 2 fully saturated rings. The van der Waals surface area contributed by atoms with Crippen LogP contribution in [-0.2, 0) is 4.79 Å². The van der Waals surface area contributed by atoms with Crippen molar-refractivity contribution in [3.63, 3.8) is 0 Å². The van der Waals surface area contributed by atoms with Crippen LogP contribution >= 0.6 is 0 Å². The lowest BCUT2D eigenvalue weighted by Gasteiger charge is -2.34. The molecule has 2 aromatic heterocycles. The Morgan fingerprint density at radius 1 is 1.11 bits per heavy atom. The Bertz CT molecular complexity index is 755. The number of anilines is 1. The van der Waals surface area contributed by atoms with Crippen molar-refractivity contribution in [1.29, 1.82) is 0 Å². The van der Waals surface area contributed by atoms with Crippen molar-refractivity contribution in [2.24, 2.45) is 11.8 Å². The number of amides is 1. The lowest BCUT2D eigenvalue weighted by Crippen LogP contribution is -2.47. The highest BCUT2D eigenvalue weighted by molar-refractivity contribution is 5.79. The number of carbonyl (C=O) groups is 1. The Morgan fingerprint density at radius 3 is 2.70 bits per heavy atom. The van der Waals surface area contributed by atoms with Gasteiger partial charge in [-0.1, -0.05) is 6.92 Å². The second-order valence-electron chi connectivity index (χ2n) is 7.83. The molecule has 8 heteroatoms. The van der Waals surface area contributed by atoms with E-state index in [1.807, 2.05) is 6.07 Å². The SMILES string of the molecule is CC1CCC(NC(=O)C2CCCN(c3cc(-n4cncn4)ncn3)C2)CC1. The lowest BCUT2D eigenvalue weighted by molar-refractivity contribution is -0.126. The van der Waals surface area contributed by atoms with Crippen LogP contribution in [-0.4, -0.2) is 49.8 Å². The predicted molar refractivity (Wildman–Crippen MR) is 101 cm³/mol. The molecule has 144 valence electrons. The summed E-state index contributed by atoms with van der Waals surface area (Å²) in [4.78, 5) is 27.6. The van der Waals surface area contributed by atoms with E-state index in [1.165, 1.54) is 19.2 Å². The molecule has 27 heavy (non-hydrogen) atoms. The van der Waals surface area contributed by atoms with Crippen LogP contribution in [0.3, 0.4) is 0 Å². The number of hydrogen-bond donors (Lipinski definition) is 1. The molecule has 4 rings (SSSR count). The van der Waals surface area contributed by atoms with Gasteiger partial charge in [-0.05, 0) is 44.4 Å². The van der Waals surface area contributed by atoms with Crippen molar-refractivity contribution in [2.75, 3.05) is 18.0 Å². The fraction of sp³-hybridized carbons (Fsp3) is 0.632. The summed E-state index contributed by atoms with van der Waals surface area (Å²) in [6, 6.07) is 2.25. The summed E-state index contributed by atoms with van der Waals surface area (Å²) in [6.07, 6.45) is 11.2. The zero-order chi connectivity index (χ0) is 18.6. The largest absolute Gasteiger partial charge is 0.356 e. The summed E-state index contributed by atoms with van der Waals surface area (Å²) < 4.78 is 1.61. The van der Waals surface area contributed by atoms with E-state index in [2.05, 4.69) is 37.2 Å². The first kappa shape index (κ1) is 17.9. The van der Waals surface area contributed by atoms with Gasteiger partial charge < -0.3 is 10.2 Å². The Kier molecular flexibility index (Phi) is 5.31. The van der Waals surface area contributed by atoms with E-state index in [-0.39, 0.29) is 11.8 Å². The van der Waals surface area contributed by atoms with Gasteiger partial charge in [-0.15, -0.1) is 0 Å². The van der Waals surface area contributed by atoms with Crippen LogP contribution in [0, 0.1) is 11.8 Å². The van der Waals surface area contributed by atoms with E-state index >= 15 is 0 Å². The zero-order valence-corrected chi connectivity index (χ0v) is 15.8. The van der Waals surface area contributed by atoms with Crippen molar-refractivity contribution in [3.8, 4) is 5.82 Å². The molecule has 1 unspecified atom stereocenters. The van der Waals surface area contributed by atoms with Crippen LogP contribution in [0.5, 0.6) is 0 Å². The van der Waals surface area contributed by atoms with Crippen LogP contribution in [0.2, 0.25) is 0 Å². The Hall–Kier alpha value is -2.51. The van der Waals surface area contributed by atoms with E-state index < -0.39 is 0 Å². The third-order valence-corrected chi connectivity index (χ3v) is 5.77. The standard InChI is InChI=1S/C19H27N7O/c1-14-4-6-16(7-5-14)24-19(27)15-3-2-8-25(10-15)17-9-18(22-12-21-17)26-13-20-11-23-26/h9,11-16H,2-8,10H2,1H3,(H,24,27). The van der Waals surface area contributed by atoms with Gasteiger partial charge in [0.25, 0.3) is 0 Å². The summed E-state index contributed by atoms with van der Waals surface area (Å²) in [6.45, 7) is 3.90. The third kappa shape index (κ3) is 4.26. The summed E-state index contributed by atoms with van der Waals surface area (Å²) in [5.41, 5.74) is 0. The maximum absolute atomic E-state index is 12.8. The molecule has 1 saturated carbocycles. The van der Waals surface area contributed by atoms with Crippen LogP contribution in [0.4, 0.5) is 5.82 Å². The number of hydrogen-bond acceptors (Lipinski definition) is 6. The van der Waals surface area contributed by atoms with Crippen LogP contribution in [0.15, 0.2) is 25.0 Å². The van der Waals surface area contributed by atoms with Crippen molar-refractivity contribution in [2.45, 2.75) is 51.5 Å². The molecule has 0 aromatic carbocycles.